The second-order valence-corrected chi connectivity index (χ2v) is 8.01. The van der Waals surface area contributed by atoms with Gasteiger partial charge in [0.1, 0.15) is 5.82 Å². The molecule has 4 nitrogen and oxygen atoms in total. The van der Waals surface area contributed by atoms with E-state index >= 15 is 0 Å². The van der Waals surface area contributed by atoms with Gasteiger partial charge in [-0.1, -0.05) is 63.2 Å². The van der Waals surface area contributed by atoms with Crippen molar-refractivity contribution in [2.24, 2.45) is 5.41 Å². The highest BCUT2D eigenvalue weighted by Crippen LogP contribution is 2.38. The zero-order valence-electron chi connectivity index (χ0n) is 16.7. The molecule has 30 heavy (non-hydrogen) atoms. The second kappa shape index (κ2) is 7.48. The van der Waals surface area contributed by atoms with Crippen molar-refractivity contribution in [3.8, 4) is 11.1 Å². The predicted octanol–water partition coefficient (Wildman–Crippen LogP) is 5.74. The molecule has 3 rings (SSSR count). The van der Waals surface area contributed by atoms with Gasteiger partial charge in [0.15, 0.2) is 5.78 Å². The summed E-state index contributed by atoms with van der Waals surface area (Å²) < 4.78 is 39.0. The number of benzene rings is 2. The fraction of sp³-hybridized carbons (Fsp3) is 0.217. The number of nitrogens with one attached hydrogen (secondary N) is 1. The lowest BCUT2D eigenvalue weighted by Gasteiger charge is -2.18. The van der Waals surface area contributed by atoms with Crippen LogP contribution in [0.4, 0.5) is 19.0 Å². The number of nitrogens with two attached hydrogens (primary N) is 1. The van der Waals surface area contributed by atoms with Crippen LogP contribution >= 0.6 is 0 Å². The molecule has 0 aliphatic rings. The van der Waals surface area contributed by atoms with Crippen LogP contribution in [-0.4, -0.2) is 16.6 Å². The van der Waals surface area contributed by atoms with E-state index in [1.54, 1.807) is 51.1 Å². The second-order valence-electron chi connectivity index (χ2n) is 8.01. The van der Waals surface area contributed by atoms with Crippen molar-refractivity contribution in [2.45, 2.75) is 26.9 Å². The molecule has 0 bridgehead atoms. The third-order valence-corrected chi connectivity index (χ3v) is 4.70. The fourth-order valence-corrected chi connectivity index (χ4v) is 3.15. The molecule has 0 saturated carbocycles. The Bertz CT molecular complexity index is 1090. The number of nitrogen functional groups attached to an aromatic ring is 1. The molecule has 2 aromatic carbocycles. The Morgan fingerprint density at radius 1 is 0.900 bits per heavy atom. The van der Waals surface area contributed by atoms with E-state index in [2.05, 4.69) is 4.98 Å². The van der Waals surface area contributed by atoms with E-state index in [-0.39, 0.29) is 28.4 Å². The Morgan fingerprint density at radius 2 is 1.47 bits per heavy atom. The highest BCUT2D eigenvalue weighted by atomic mass is 19.4. The van der Waals surface area contributed by atoms with E-state index in [4.69, 9.17) is 5.73 Å². The number of aromatic nitrogens is 1. The molecule has 3 N–H and O–H groups in total. The number of carbonyl (C=O) groups excluding carboxylic acids is 2. The molecule has 0 unspecified atom stereocenters. The van der Waals surface area contributed by atoms with Crippen LogP contribution in [0.2, 0.25) is 0 Å². The van der Waals surface area contributed by atoms with E-state index in [1.165, 1.54) is 12.1 Å². The van der Waals surface area contributed by atoms with E-state index in [1.807, 2.05) is 0 Å². The first-order chi connectivity index (χ1) is 13.9. The first kappa shape index (κ1) is 21.4. The molecule has 3 aromatic rings. The first-order valence-corrected chi connectivity index (χ1v) is 9.25. The molecule has 0 atom stereocenters. The van der Waals surface area contributed by atoms with Gasteiger partial charge in [-0.3, -0.25) is 9.59 Å². The summed E-state index contributed by atoms with van der Waals surface area (Å²) in [6, 6.07) is 12.7. The maximum atomic E-state index is 13.1. The van der Waals surface area contributed by atoms with Gasteiger partial charge >= 0.3 is 6.18 Å². The number of aromatic amines is 1. The molecule has 0 fully saturated rings. The fourth-order valence-electron chi connectivity index (χ4n) is 3.15. The number of hydrogen-bond acceptors (Lipinski definition) is 3. The summed E-state index contributed by atoms with van der Waals surface area (Å²) in [4.78, 5) is 29.0. The van der Waals surface area contributed by atoms with Gasteiger partial charge < -0.3 is 10.7 Å². The molecular weight excluding hydrogens is 393 g/mol. The van der Waals surface area contributed by atoms with Gasteiger partial charge in [-0.15, -0.1) is 0 Å². The number of H-pyrrole nitrogens is 1. The molecule has 1 aromatic heterocycles. The Hall–Kier alpha value is -3.35. The predicted molar refractivity (Wildman–Crippen MR) is 109 cm³/mol. The lowest BCUT2D eigenvalue weighted by molar-refractivity contribution is -0.137. The molecule has 0 amide bonds. The minimum absolute atomic E-state index is 0.00380. The highest BCUT2D eigenvalue weighted by Gasteiger charge is 2.34. The third-order valence-electron chi connectivity index (χ3n) is 4.70. The third kappa shape index (κ3) is 4.01. The van der Waals surface area contributed by atoms with Gasteiger partial charge in [0.25, 0.3) is 0 Å². The molecule has 0 spiro atoms. The Balaban J connectivity index is 2.25. The van der Waals surface area contributed by atoms with Gasteiger partial charge in [-0.25, -0.2) is 0 Å². The number of anilines is 1. The standard InChI is InChI=1S/C23H21F3N2O2/c1-22(2,3)20(30)17-16(13-9-11-15(12-10-13)23(24,25)26)18(28-21(17)27)19(29)14-7-5-4-6-8-14/h4-12,28H,27H2,1-3H3. The number of alkyl halides is 3. The van der Waals surface area contributed by atoms with Crippen LogP contribution in [-0.2, 0) is 6.18 Å². The average molecular weight is 414 g/mol. The summed E-state index contributed by atoms with van der Waals surface area (Å²) in [5.41, 5.74) is 5.46. The van der Waals surface area contributed by atoms with Crippen molar-refractivity contribution >= 4 is 17.4 Å². The highest BCUT2D eigenvalue weighted by molar-refractivity contribution is 6.18. The van der Waals surface area contributed by atoms with Crippen LogP contribution < -0.4 is 5.73 Å². The van der Waals surface area contributed by atoms with Gasteiger partial charge in [0.05, 0.1) is 16.8 Å². The number of rotatable bonds is 4. The van der Waals surface area contributed by atoms with Gasteiger partial charge in [0.2, 0.25) is 5.78 Å². The number of ketones is 2. The summed E-state index contributed by atoms with van der Waals surface area (Å²) in [6.45, 7) is 5.12. The first-order valence-electron chi connectivity index (χ1n) is 9.25. The summed E-state index contributed by atoms with van der Waals surface area (Å²) in [7, 11) is 0. The lowest BCUT2D eigenvalue weighted by Crippen LogP contribution is -2.21. The lowest BCUT2D eigenvalue weighted by atomic mass is 9.83. The minimum Gasteiger partial charge on any atom is -0.385 e. The van der Waals surface area contributed by atoms with E-state index in [0.29, 0.717) is 11.1 Å². The Labute approximate surface area is 171 Å². The van der Waals surface area contributed by atoms with Crippen LogP contribution in [0.25, 0.3) is 11.1 Å². The molecule has 0 saturated heterocycles. The maximum absolute atomic E-state index is 13.1. The van der Waals surface area contributed by atoms with Crippen LogP contribution in [0.15, 0.2) is 54.6 Å². The van der Waals surface area contributed by atoms with Gasteiger partial charge in [0, 0.05) is 16.5 Å². The number of halogens is 3. The topological polar surface area (TPSA) is 76.0 Å². The van der Waals surface area contributed by atoms with Crippen molar-refractivity contribution < 1.29 is 22.8 Å². The molecule has 0 radical (unpaired) electrons. The summed E-state index contributed by atoms with van der Waals surface area (Å²) in [5, 5.41) is 0. The normalized spacial score (nSPS) is 12.1. The Morgan fingerprint density at radius 3 is 1.97 bits per heavy atom. The molecule has 0 aliphatic carbocycles. The largest absolute Gasteiger partial charge is 0.416 e. The monoisotopic (exact) mass is 414 g/mol. The minimum atomic E-state index is -4.50. The van der Waals surface area contributed by atoms with Crippen LogP contribution in [0.3, 0.4) is 0 Å². The number of carbonyl (C=O) groups is 2. The number of hydrogen-bond donors (Lipinski definition) is 2. The summed E-state index contributed by atoms with van der Waals surface area (Å²) in [6.07, 6.45) is -4.50. The average Bonchev–Trinajstić information content (AvgIpc) is 3.03. The summed E-state index contributed by atoms with van der Waals surface area (Å²) in [5.74, 6) is -0.729. The summed E-state index contributed by atoms with van der Waals surface area (Å²) >= 11 is 0. The van der Waals surface area contributed by atoms with E-state index < -0.39 is 22.9 Å². The quantitative estimate of drug-likeness (QED) is 0.534. The SMILES string of the molecule is CC(C)(C)C(=O)c1c(N)[nH]c(C(=O)c2ccccc2)c1-c1ccc(C(F)(F)F)cc1. The molecular formula is C23H21F3N2O2. The van der Waals surface area contributed by atoms with Crippen molar-refractivity contribution in [2.75, 3.05) is 5.73 Å². The van der Waals surface area contributed by atoms with Gasteiger partial charge in [-0.2, -0.15) is 13.2 Å². The number of Topliss-reactive ketones (excluding diaryl/α,β-unsaturated/α-hetero) is 1. The molecule has 0 aliphatic heterocycles. The Kier molecular flexibility index (Phi) is 5.33. The molecule has 7 heteroatoms. The molecule has 1 heterocycles. The van der Waals surface area contributed by atoms with E-state index in [0.717, 1.165) is 12.1 Å². The van der Waals surface area contributed by atoms with Crippen LogP contribution in [0.1, 0.15) is 52.7 Å². The zero-order chi connectivity index (χ0) is 22.3. The smallest absolute Gasteiger partial charge is 0.385 e. The molecule has 156 valence electrons. The maximum Gasteiger partial charge on any atom is 0.416 e. The van der Waals surface area contributed by atoms with Crippen LogP contribution in [0.5, 0.6) is 0 Å². The van der Waals surface area contributed by atoms with E-state index in [9.17, 15) is 22.8 Å². The van der Waals surface area contributed by atoms with Gasteiger partial charge in [-0.05, 0) is 17.7 Å². The van der Waals surface area contributed by atoms with Crippen molar-refractivity contribution in [1.29, 1.82) is 0 Å². The zero-order valence-corrected chi connectivity index (χ0v) is 16.7. The van der Waals surface area contributed by atoms with Crippen molar-refractivity contribution in [1.82, 2.24) is 4.98 Å². The van der Waals surface area contributed by atoms with Crippen molar-refractivity contribution in [3.05, 3.63) is 77.0 Å². The van der Waals surface area contributed by atoms with Crippen LogP contribution in [0, 0.1) is 5.41 Å². The van der Waals surface area contributed by atoms with Crippen molar-refractivity contribution in [3.63, 3.8) is 0 Å².